The monoisotopic (exact) mass is 601 g/mol. The molecule has 0 spiro atoms. The van der Waals surface area contributed by atoms with Crippen LogP contribution in [0.5, 0.6) is 0 Å². The Morgan fingerprint density at radius 3 is 2.00 bits per heavy atom. The fraction of sp³-hybridized carbons (Fsp3) is 0.364. The number of hydrogen-bond acceptors (Lipinski definition) is 4. The van der Waals surface area contributed by atoms with Crippen molar-refractivity contribution >= 4 is 85.5 Å². The van der Waals surface area contributed by atoms with Crippen molar-refractivity contribution in [2.75, 3.05) is 17.1 Å². The normalized spacial score (nSPS) is 12.4. The third-order valence-electron chi connectivity index (χ3n) is 4.87. The number of carbonyl (C=O) groups excluding carboxylic acids is 2. The first-order valence-electron chi connectivity index (χ1n) is 10.3. The van der Waals surface area contributed by atoms with Gasteiger partial charge in [0.15, 0.2) is 0 Å². The summed E-state index contributed by atoms with van der Waals surface area (Å²) in [6.07, 6.45) is 0.928. The second kappa shape index (κ2) is 12.2. The minimum atomic E-state index is -3.99. The Bertz CT molecular complexity index is 1220. The van der Waals surface area contributed by atoms with Gasteiger partial charge in [-0.25, -0.2) is 8.42 Å². The van der Waals surface area contributed by atoms with Gasteiger partial charge in [-0.3, -0.25) is 13.9 Å². The molecule has 2 rings (SSSR count). The van der Waals surface area contributed by atoms with Crippen LogP contribution < -0.4 is 9.62 Å². The van der Waals surface area contributed by atoms with Gasteiger partial charge in [-0.05, 0) is 50.6 Å². The third-order valence-corrected chi connectivity index (χ3v) is 7.76. The van der Waals surface area contributed by atoms with Gasteiger partial charge in [-0.2, -0.15) is 0 Å². The molecule has 0 heterocycles. The third kappa shape index (κ3) is 8.03. The van der Waals surface area contributed by atoms with E-state index in [1.165, 1.54) is 17.0 Å². The standard InChI is InChI=1S/C22H24Cl5N3O4S/c1-12(2)28-22(32)13(3)29(10-14-5-6-15(23)16(24)7-14)21(31)11-30(35(4,33)34)20-9-18(26)17(25)8-19(20)27/h5-9,12-13H,10-11H2,1-4H3,(H,28,32). The molecule has 1 unspecified atom stereocenters. The molecule has 0 saturated carbocycles. The lowest BCUT2D eigenvalue weighted by Crippen LogP contribution is -2.52. The number of hydrogen-bond donors (Lipinski definition) is 1. The van der Waals surface area contributed by atoms with Gasteiger partial charge in [0.05, 0.1) is 37.1 Å². The van der Waals surface area contributed by atoms with Crippen LogP contribution in [0, 0.1) is 0 Å². The predicted octanol–water partition coefficient (Wildman–Crippen LogP) is 5.66. The van der Waals surface area contributed by atoms with Crippen molar-refractivity contribution in [2.45, 2.75) is 39.4 Å². The van der Waals surface area contributed by atoms with Gasteiger partial charge >= 0.3 is 0 Å². The molecule has 0 aliphatic carbocycles. The Hall–Kier alpha value is -1.42. The Kier molecular flexibility index (Phi) is 10.4. The second-order valence-corrected chi connectivity index (χ2v) is 12.0. The van der Waals surface area contributed by atoms with E-state index in [0.29, 0.717) is 10.6 Å². The van der Waals surface area contributed by atoms with E-state index in [9.17, 15) is 18.0 Å². The first kappa shape index (κ1) is 29.8. The van der Waals surface area contributed by atoms with Crippen LogP contribution in [-0.2, 0) is 26.2 Å². The van der Waals surface area contributed by atoms with E-state index >= 15 is 0 Å². The zero-order valence-electron chi connectivity index (χ0n) is 19.3. The number of benzene rings is 2. The van der Waals surface area contributed by atoms with Gasteiger partial charge in [0.2, 0.25) is 21.8 Å². The number of sulfonamides is 1. The van der Waals surface area contributed by atoms with Gasteiger partial charge in [0.1, 0.15) is 12.6 Å². The highest BCUT2D eigenvalue weighted by atomic mass is 35.5. The highest BCUT2D eigenvalue weighted by Gasteiger charge is 2.31. The topological polar surface area (TPSA) is 86.8 Å². The summed E-state index contributed by atoms with van der Waals surface area (Å²) < 4.78 is 26.1. The average molecular weight is 604 g/mol. The smallest absolute Gasteiger partial charge is 0.244 e. The molecular weight excluding hydrogens is 580 g/mol. The number of nitrogens with one attached hydrogen (secondary N) is 1. The molecule has 192 valence electrons. The van der Waals surface area contributed by atoms with Gasteiger partial charge in [0.25, 0.3) is 0 Å². The van der Waals surface area contributed by atoms with E-state index in [-0.39, 0.29) is 38.4 Å². The largest absolute Gasteiger partial charge is 0.352 e. The Morgan fingerprint density at radius 2 is 1.46 bits per heavy atom. The minimum Gasteiger partial charge on any atom is -0.352 e. The summed E-state index contributed by atoms with van der Waals surface area (Å²) in [7, 11) is -3.99. The molecule has 2 aromatic rings. The molecule has 0 fully saturated rings. The Morgan fingerprint density at radius 1 is 0.886 bits per heavy atom. The lowest BCUT2D eigenvalue weighted by atomic mass is 10.1. The Labute approximate surface area is 230 Å². The minimum absolute atomic E-state index is 0.0146. The molecule has 0 saturated heterocycles. The molecule has 1 N–H and O–H groups in total. The summed E-state index contributed by atoms with van der Waals surface area (Å²) in [5.74, 6) is -1.07. The summed E-state index contributed by atoms with van der Waals surface area (Å²) >= 11 is 30.4. The molecule has 1 atom stereocenters. The fourth-order valence-electron chi connectivity index (χ4n) is 3.12. The van der Waals surface area contributed by atoms with E-state index in [1.807, 2.05) is 0 Å². The van der Waals surface area contributed by atoms with Crippen LogP contribution in [0.3, 0.4) is 0 Å². The van der Waals surface area contributed by atoms with Crippen molar-refractivity contribution in [3.63, 3.8) is 0 Å². The predicted molar refractivity (Wildman–Crippen MR) is 143 cm³/mol. The number of carbonyl (C=O) groups is 2. The van der Waals surface area contributed by atoms with Crippen molar-refractivity contribution in [1.82, 2.24) is 10.2 Å². The second-order valence-electron chi connectivity index (χ2n) is 8.10. The maximum Gasteiger partial charge on any atom is 0.244 e. The average Bonchev–Trinajstić information content (AvgIpc) is 2.73. The van der Waals surface area contributed by atoms with Crippen LogP contribution >= 0.6 is 58.0 Å². The van der Waals surface area contributed by atoms with Crippen LogP contribution in [0.1, 0.15) is 26.3 Å². The first-order valence-corrected chi connectivity index (χ1v) is 14.0. The van der Waals surface area contributed by atoms with Crippen LogP contribution in [0.15, 0.2) is 30.3 Å². The summed E-state index contributed by atoms with van der Waals surface area (Å²) in [6, 6.07) is 6.24. The van der Waals surface area contributed by atoms with Crippen LogP contribution in [-0.4, -0.2) is 50.0 Å². The van der Waals surface area contributed by atoms with Gasteiger partial charge in [-0.1, -0.05) is 64.1 Å². The van der Waals surface area contributed by atoms with Crippen molar-refractivity contribution in [3.05, 3.63) is 61.0 Å². The zero-order chi connectivity index (χ0) is 26.7. The van der Waals surface area contributed by atoms with Crippen molar-refractivity contribution in [1.29, 1.82) is 0 Å². The van der Waals surface area contributed by atoms with Crippen molar-refractivity contribution < 1.29 is 18.0 Å². The number of anilines is 1. The highest BCUT2D eigenvalue weighted by molar-refractivity contribution is 7.92. The maximum atomic E-state index is 13.5. The van der Waals surface area contributed by atoms with E-state index < -0.39 is 34.4 Å². The molecule has 2 amide bonds. The first-order chi connectivity index (χ1) is 16.1. The Balaban J connectivity index is 2.48. The van der Waals surface area contributed by atoms with Crippen molar-refractivity contribution in [2.24, 2.45) is 0 Å². The molecular formula is C22H24Cl5N3O4S. The lowest BCUT2D eigenvalue weighted by molar-refractivity contribution is -0.139. The van der Waals surface area contributed by atoms with E-state index in [0.717, 1.165) is 10.6 Å². The highest BCUT2D eigenvalue weighted by Crippen LogP contribution is 2.35. The van der Waals surface area contributed by atoms with Gasteiger partial charge in [0, 0.05) is 12.6 Å². The molecule has 0 aliphatic rings. The number of halogens is 5. The molecule has 0 aliphatic heterocycles. The molecule has 35 heavy (non-hydrogen) atoms. The summed E-state index contributed by atoms with van der Waals surface area (Å²) in [6.45, 7) is 4.44. The number of rotatable bonds is 9. The van der Waals surface area contributed by atoms with Gasteiger partial charge in [-0.15, -0.1) is 0 Å². The van der Waals surface area contributed by atoms with E-state index in [4.69, 9.17) is 58.0 Å². The lowest BCUT2D eigenvalue weighted by Gasteiger charge is -2.32. The molecule has 2 aromatic carbocycles. The van der Waals surface area contributed by atoms with Crippen LogP contribution in [0.4, 0.5) is 5.69 Å². The van der Waals surface area contributed by atoms with E-state index in [2.05, 4.69) is 5.32 Å². The van der Waals surface area contributed by atoms with Crippen LogP contribution in [0.2, 0.25) is 25.1 Å². The summed E-state index contributed by atoms with van der Waals surface area (Å²) in [5, 5.41) is 3.53. The van der Waals surface area contributed by atoms with E-state index in [1.54, 1.807) is 39.0 Å². The molecule has 0 bridgehead atoms. The zero-order valence-corrected chi connectivity index (χ0v) is 23.9. The SMILES string of the molecule is CC(C)NC(=O)C(C)N(Cc1ccc(Cl)c(Cl)c1)C(=O)CN(c1cc(Cl)c(Cl)cc1Cl)S(C)(=O)=O. The fourth-order valence-corrected chi connectivity index (χ4v) is 4.99. The van der Waals surface area contributed by atoms with Gasteiger partial charge < -0.3 is 10.2 Å². The number of nitrogens with zero attached hydrogens (tertiary/aromatic N) is 2. The summed E-state index contributed by atoms with van der Waals surface area (Å²) in [5.41, 5.74) is 0.570. The molecule has 0 aromatic heterocycles. The number of amides is 2. The molecule has 0 radical (unpaired) electrons. The van der Waals surface area contributed by atoms with Crippen LogP contribution in [0.25, 0.3) is 0 Å². The molecule has 13 heteroatoms. The molecule has 7 nitrogen and oxygen atoms in total. The summed E-state index contributed by atoms with van der Waals surface area (Å²) in [4.78, 5) is 27.5. The quantitative estimate of drug-likeness (QED) is 0.375. The van der Waals surface area contributed by atoms with Crippen molar-refractivity contribution in [3.8, 4) is 0 Å². The maximum absolute atomic E-state index is 13.5.